The highest BCUT2D eigenvalue weighted by molar-refractivity contribution is 5.81. The van der Waals surface area contributed by atoms with Gasteiger partial charge in [0.1, 0.15) is 0 Å². The van der Waals surface area contributed by atoms with Crippen molar-refractivity contribution in [3.8, 4) is 0 Å². The number of carbonyl (C=O) groups excluding carboxylic acids is 1. The molecule has 0 spiro atoms. The number of nitrogens with one attached hydrogen (secondary N) is 2. The average molecular weight is 157 g/mol. The summed E-state index contributed by atoms with van der Waals surface area (Å²) in [6.07, 6.45) is 2.05. The number of hydrogen-bond acceptors (Lipinski definition) is 3. The van der Waals surface area contributed by atoms with Gasteiger partial charge in [0.2, 0.25) is 5.91 Å². The highest BCUT2D eigenvalue weighted by Gasteiger charge is 2.20. The van der Waals surface area contributed by atoms with Crippen LogP contribution in [0.1, 0.15) is 12.8 Å². The van der Waals surface area contributed by atoms with E-state index in [1.54, 1.807) is 0 Å². The van der Waals surface area contributed by atoms with Gasteiger partial charge in [0.15, 0.2) is 0 Å². The molecule has 0 aromatic carbocycles. The van der Waals surface area contributed by atoms with Gasteiger partial charge in [-0.15, -0.1) is 0 Å². The Bertz CT molecular complexity index is 132. The number of carbonyl (C=O) groups is 1. The zero-order valence-electron chi connectivity index (χ0n) is 6.60. The van der Waals surface area contributed by atoms with E-state index in [1.165, 1.54) is 0 Å². The first-order valence-corrected chi connectivity index (χ1v) is 4.06. The predicted octanol–water partition coefficient (Wildman–Crippen LogP) is -1.19. The zero-order chi connectivity index (χ0) is 8.10. The Morgan fingerprint density at radius 2 is 2.55 bits per heavy atom. The van der Waals surface area contributed by atoms with Crippen LogP contribution in [0.15, 0.2) is 0 Å². The minimum absolute atomic E-state index is 0.0292. The van der Waals surface area contributed by atoms with Crippen LogP contribution >= 0.6 is 0 Å². The third kappa shape index (κ3) is 2.48. The molecule has 0 radical (unpaired) electrons. The Hall–Kier alpha value is -0.610. The van der Waals surface area contributed by atoms with Crippen LogP contribution in [0.4, 0.5) is 0 Å². The Morgan fingerprint density at radius 3 is 3.09 bits per heavy atom. The van der Waals surface area contributed by atoms with Gasteiger partial charge in [0, 0.05) is 13.1 Å². The molecule has 0 aromatic rings. The average Bonchev–Trinajstić information content (AvgIpc) is 2.52. The van der Waals surface area contributed by atoms with Gasteiger partial charge < -0.3 is 16.4 Å². The number of nitrogens with two attached hydrogens (primary N) is 1. The van der Waals surface area contributed by atoms with Crippen LogP contribution in [0.25, 0.3) is 0 Å². The maximum absolute atomic E-state index is 11.2. The van der Waals surface area contributed by atoms with Crippen molar-refractivity contribution in [2.45, 2.75) is 18.9 Å². The quantitative estimate of drug-likeness (QED) is 0.483. The first kappa shape index (κ1) is 8.49. The van der Waals surface area contributed by atoms with E-state index in [0.717, 1.165) is 19.4 Å². The Balaban J connectivity index is 2.17. The lowest BCUT2D eigenvalue weighted by molar-refractivity contribution is -0.122. The van der Waals surface area contributed by atoms with E-state index in [1.807, 2.05) is 0 Å². The topological polar surface area (TPSA) is 67.1 Å². The molecule has 1 saturated heterocycles. The fourth-order valence-electron chi connectivity index (χ4n) is 1.23. The zero-order valence-corrected chi connectivity index (χ0v) is 6.60. The molecule has 1 heterocycles. The van der Waals surface area contributed by atoms with Gasteiger partial charge in [-0.05, 0) is 19.4 Å². The van der Waals surface area contributed by atoms with Gasteiger partial charge in [0.25, 0.3) is 0 Å². The van der Waals surface area contributed by atoms with E-state index >= 15 is 0 Å². The second kappa shape index (κ2) is 4.31. The van der Waals surface area contributed by atoms with Crippen LogP contribution in [0.5, 0.6) is 0 Å². The third-order valence-corrected chi connectivity index (χ3v) is 1.82. The monoisotopic (exact) mass is 157 g/mol. The number of amides is 1. The Morgan fingerprint density at radius 1 is 1.73 bits per heavy atom. The molecule has 0 bridgehead atoms. The Kier molecular flexibility index (Phi) is 3.32. The van der Waals surface area contributed by atoms with Crippen LogP contribution in [-0.2, 0) is 4.79 Å². The highest BCUT2D eigenvalue weighted by atomic mass is 16.2. The van der Waals surface area contributed by atoms with Gasteiger partial charge in [-0.1, -0.05) is 0 Å². The first-order valence-electron chi connectivity index (χ1n) is 4.06. The molecule has 11 heavy (non-hydrogen) atoms. The van der Waals surface area contributed by atoms with Crippen LogP contribution in [-0.4, -0.2) is 31.6 Å². The van der Waals surface area contributed by atoms with E-state index < -0.39 is 0 Å². The number of hydrogen-bond donors (Lipinski definition) is 3. The predicted molar refractivity (Wildman–Crippen MR) is 43.1 cm³/mol. The molecule has 1 fully saturated rings. The van der Waals surface area contributed by atoms with E-state index in [9.17, 15) is 4.79 Å². The van der Waals surface area contributed by atoms with Crippen LogP contribution in [0.3, 0.4) is 0 Å². The molecule has 1 rings (SSSR count). The van der Waals surface area contributed by atoms with E-state index in [-0.39, 0.29) is 11.9 Å². The van der Waals surface area contributed by atoms with Gasteiger partial charge in [-0.25, -0.2) is 0 Å². The lowest BCUT2D eigenvalue weighted by Gasteiger charge is -2.09. The molecule has 0 saturated carbocycles. The third-order valence-electron chi connectivity index (χ3n) is 1.82. The summed E-state index contributed by atoms with van der Waals surface area (Å²) in [5.74, 6) is 0.0907. The number of rotatable bonds is 3. The summed E-state index contributed by atoms with van der Waals surface area (Å²) in [4.78, 5) is 11.2. The molecule has 0 unspecified atom stereocenters. The minimum atomic E-state index is 0.0292. The minimum Gasteiger partial charge on any atom is -0.353 e. The van der Waals surface area contributed by atoms with Gasteiger partial charge >= 0.3 is 0 Å². The summed E-state index contributed by atoms with van der Waals surface area (Å²) in [6.45, 7) is 2.05. The molecule has 1 atom stereocenters. The van der Waals surface area contributed by atoms with Gasteiger partial charge in [-0.2, -0.15) is 0 Å². The molecule has 0 aliphatic carbocycles. The summed E-state index contributed by atoms with van der Waals surface area (Å²) in [6, 6.07) is 0.0292. The van der Waals surface area contributed by atoms with E-state index in [2.05, 4.69) is 10.6 Å². The van der Waals surface area contributed by atoms with Crippen LogP contribution in [0, 0.1) is 0 Å². The normalized spacial score (nSPS) is 23.5. The highest BCUT2D eigenvalue weighted by Crippen LogP contribution is 2.03. The van der Waals surface area contributed by atoms with Gasteiger partial charge in [-0.3, -0.25) is 4.79 Å². The molecule has 4 nitrogen and oxygen atoms in total. The fraction of sp³-hybridized carbons (Fsp3) is 0.857. The second-order valence-corrected chi connectivity index (χ2v) is 2.73. The molecule has 1 amide bonds. The van der Waals surface area contributed by atoms with Crippen molar-refractivity contribution in [2.75, 3.05) is 19.6 Å². The second-order valence-electron chi connectivity index (χ2n) is 2.73. The summed E-state index contributed by atoms with van der Waals surface area (Å²) in [7, 11) is 0. The standard InChI is InChI=1S/C7H15N3O/c8-3-5-10-7(11)6-2-1-4-9-6/h6,9H,1-5,8H2,(H,10,11)/t6-/m1/s1. The molecule has 1 aliphatic rings. The van der Waals surface area contributed by atoms with Crippen molar-refractivity contribution < 1.29 is 4.79 Å². The van der Waals surface area contributed by atoms with Crippen LogP contribution in [0.2, 0.25) is 0 Å². The summed E-state index contributed by atoms with van der Waals surface area (Å²) >= 11 is 0. The van der Waals surface area contributed by atoms with Crippen molar-refractivity contribution in [1.82, 2.24) is 10.6 Å². The van der Waals surface area contributed by atoms with Gasteiger partial charge in [0.05, 0.1) is 6.04 Å². The summed E-state index contributed by atoms with van der Waals surface area (Å²) < 4.78 is 0. The molecular weight excluding hydrogens is 142 g/mol. The fourth-order valence-corrected chi connectivity index (χ4v) is 1.23. The van der Waals surface area contributed by atoms with E-state index in [0.29, 0.717) is 13.1 Å². The smallest absolute Gasteiger partial charge is 0.237 e. The van der Waals surface area contributed by atoms with Crippen molar-refractivity contribution >= 4 is 5.91 Å². The van der Waals surface area contributed by atoms with Crippen LogP contribution < -0.4 is 16.4 Å². The van der Waals surface area contributed by atoms with Crippen molar-refractivity contribution in [2.24, 2.45) is 5.73 Å². The largest absolute Gasteiger partial charge is 0.353 e. The lowest BCUT2D eigenvalue weighted by atomic mass is 10.2. The molecule has 64 valence electrons. The summed E-state index contributed by atoms with van der Waals surface area (Å²) in [5, 5.41) is 5.86. The lowest BCUT2D eigenvalue weighted by Crippen LogP contribution is -2.42. The van der Waals surface area contributed by atoms with E-state index in [4.69, 9.17) is 5.73 Å². The Labute approximate surface area is 66.5 Å². The molecular formula is C7H15N3O. The summed E-state index contributed by atoms with van der Waals surface area (Å²) in [5.41, 5.74) is 5.24. The SMILES string of the molecule is NCCNC(=O)[C@H]1CCCN1. The maximum atomic E-state index is 11.2. The van der Waals surface area contributed by atoms with Crippen molar-refractivity contribution in [1.29, 1.82) is 0 Å². The van der Waals surface area contributed by atoms with Crippen molar-refractivity contribution in [3.05, 3.63) is 0 Å². The first-order chi connectivity index (χ1) is 5.34. The molecule has 4 N–H and O–H groups in total. The van der Waals surface area contributed by atoms with Crippen molar-refractivity contribution in [3.63, 3.8) is 0 Å². The molecule has 1 aliphatic heterocycles. The maximum Gasteiger partial charge on any atom is 0.237 e. The molecule has 4 heteroatoms. The molecule has 0 aromatic heterocycles.